The minimum atomic E-state index is -0.842. The van der Waals surface area contributed by atoms with Gasteiger partial charge in [0.15, 0.2) is 0 Å². The third-order valence-corrected chi connectivity index (χ3v) is 16.2. The largest absolute Gasteiger partial charge is 0.466 e. The highest BCUT2D eigenvalue weighted by atomic mass is 16.5. The Balaban J connectivity index is 3.36. The molecule has 0 fully saturated rings. The number of esters is 1. The van der Waals surface area contributed by atoms with Gasteiger partial charge in [-0.25, -0.2) is 0 Å². The number of nitrogens with one attached hydrogen (secondary N) is 1. The highest BCUT2D eigenvalue weighted by molar-refractivity contribution is 5.76. The lowest BCUT2D eigenvalue weighted by Gasteiger charge is -2.20. The average molecular weight is 1070 g/mol. The summed E-state index contributed by atoms with van der Waals surface area (Å²) in [4.78, 5) is 24.5. The fourth-order valence-corrected chi connectivity index (χ4v) is 10.9. The monoisotopic (exact) mass is 1070 g/mol. The standard InChI is InChI=1S/C70H135NO5/c1-3-5-7-9-11-13-15-17-38-42-46-50-54-58-62-68(73)67(66-72)71-69(74)63-59-55-51-47-43-39-36-34-32-30-28-26-24-22-20-19-21-23-25-27-29-31-33-35-37-41-45-49-53-57-61-65-76-70(75)64-60-56-52-48-44-40-18-16-14-12-10-8-6-4-2/h21,23,58,62,67-68,72-73H,3-20,22,24-57,59-61,63-66H2,1-2H3,(H,71,74)/b23-21-,62-58+. The van der Waals surface area contributed by atoms with Gasteiger partial charge in [0.25, 0.3) is 0 Å². The lowest BCUT2D eigenvalue weighted by atomic mass is 10.0. The number of rotatable bonds is 65. The summed E-state index contributed by atoms with van der Waals surface area (Å²) >= 11 is 0. The van der Waals surface area contributed by atoms with Gasteiger partial charge in [0.05, 0.1) is 25.4 Å². The Hall–Kier alpha value is -1.66. The van der Waals surface area contributed by atoms with E-state index in [4.69, 9.17) is 4.74 Å². The number of carbonyl (C=O) groups excluding carboxylic acids is 2. The second kappa shape index (κ2) is 65.9. The van der Waals surface area contributed by atoms with Gasteiger partial charge in [-0.2, -0.15) is 0 Å². The summed E-state index contributed by atoms with van der Waals surface area (Å²) in [5, 5.41) is 23.1. The minimum absolute atomic E-state index is 0.0202. The van der Waals surface area contributed by atoms with E-state index in [1.807, 2.05) is 6.08 Å². The summed E-state index contributed by atoms with van der Waals surface area (Å²) in [6.07, 6.45) is 82.6. The maximum absolute atomic E-state index is 12.5. The van der Waals surface area contributed by atoms with Crippen molar-refractivity contribution in [1.29, 1.82) is 0 Å². The Labute approximate surface area is 475 Å². The number of aliphatic hydroxyl groups excluding tert-OH is 2. The molecule has 0 radical (unpaired) electrons. The summed E-state index contributed by atoms with van der Waals surface area (Å²) in [6.45, 7) is 4.93. The maximum atomic E-state index is 12.5. The van der Waals surface area contributed by atoms with E-state index in [-0.39, 0.29) is 18.5 Å². The molecule has 0 saturated heterocycles. The van der Waals surface area contributed by atoms with Crippen molar-refractivity contribution in [2.45, 2.75) is 398 Å². The van der Waals surface area contributed by atoms with Gasteiger partial charge < -0.3 is 20.3 Å². The average Bonchev–Trinajstić information content (AvgIpc) is 3.42. The van der Waals surface area contributed by atoms with Crippen LogP contribution in [0.4, 0.5) is 0 Å². The first kappa shape index (κ1) is 74.3. The van der Waals surface area contributed by atoms with Crippen molar-refractivity contribution >= 4 is 11.9 Å². The van der Waals surface area contributed by atoms with Crippen LogP contribution in [-0.4, -0.2) is 47.4 Å². The van der Waals surface area contributed by atoms with Gasteiger partial charge in [0, 0.05) is 12.8 Å². The molecule has 0 aliphatic rings. The van der Waals surface area contributed by atoms with Crippen LogP contribution in [0.25, 0.3) is 0 Å². The molecule has 0 spiro atoms. The normalized spacial score (nSPS) is 12.6. The number of amides is 1. The zero-order chi connectivity index (χ0) is 55.0. The first-order chi connectivity index (χ1) is 37.5. The van der Waals surface area contributed by atoms with Gasteiger partial charge in [-0.1, -0.05) is 340 Å². The number of hydrogen-bond acceptors (Lipinski definition) is 5. The zero-order valence-electron chi connectivity index (χ0n) is 51.5. The molecule has 2 unspecified atom stereocenters. The van der Waals surface area contributed by atoms with Crippen molar-refractivity contribution in [3.63, 3.8) is 0 Å². The Morgan fingerprint density at radius 2 is 0.618 bits per heavy atom. The highest BCUT2D eigenvalue weighted by Crippen LogP contribution is 2.18. The van der Waals surface area contributed by atoms with Crippen LogP contribution >= 0.6 is 0 Å². The predicted octanol–water partition coefficient (Wildman–Crippen LogP) is 22.1. The van der Waals surface area contributed by atoms with Gasteiger partial charge in [-0.05, 0) is 57.8 Å². The summed E-state index contributed by atoms with van der Waals surface area (Å²) in [6, 6.07) is -0.625. The van der Waals surface area contributed by atoms with Crippen molar-refractivity contribution in [2.24, 2.45) is 0 Å². The van der Waals surface area contributed by atoms with Crippen LogP contribution in [0.15, 0.2) is 24.3 Å². The molecule has 450 valence electrons. The summed E-state index contributed by atoms with van der Waals surface area (Å²) in [7, 11) is 0. The van der Waals surface area contributed by atoms with Gasteiger partial charge in [0.2, 0.25) is 5.91 Å². The van der Waals surface area contributed by atoms with Crippen molar-refractivity contribution in [3.05, 3.63) is 24.3 Å². The first-order valence-electron chi connectivity index (χ1n) is 34.6. The van der Waals surface area contributed by atoms with Gasteiger partial charge in [-0.15, -0.1) is 0 Å². The second-order valence-electron chi connectivity index (χ2n) is 23.9. The molecule has 2 atom stereocenters. The Morgan fingerprint density at radius 3 is 0.934 bits per heavy atom. The third-order valence-electron chi connectivity index (χ3n) is 16.2. The number of carbonyl (C=O) groups is 2. The van der Waals surface area contributed by atoms with Crippen molar-refractivity contribution < 1.29 is 24.5 Å². The number of hydrogen-bond donors (Lipinski definition) is 3. The van der Waals surface area contributed by atoms with E-state index < -0.39 is 12.1 Å². The minimum Gasteiger partial charge on any atom is -0.466 e. The fourth-order valence-electron chi connectivity index (χ4n) is 10.9. The molecule has 0 aliphatic carbocycles. The first-order valence-corrected chi connectivity index (χ1v) is 34.6. The van der Waals surface area contributed by atoms with Crippen LogP contribution in [0.3, 0.4) is 0 Å². The third kappa shape index (κ3) is 61.6. The van der Waals surface area contributed by atoms with E-state index in [0.717, 1.165) is 38.5 Å². The molecule has 0 rings (SSSR count). The van der Waals surface area contributed by atoms with E-state index in [0.29, 0.717) is 19.4 Å². The van der Waals surface area contributed by atoms with Crippen LogP contribution < -0.4 is 5.32 Å². The van der Waals surface area contributed by atoms with Gasteiger partial charge in [0.1, 0.15) is 0 Å². The molecule has 0 bridgehead atoms. The molecule has 0 heterocycles. The fraction of sp³-hybridized carbons (Fsp3) is 0.914. The Kier molecular flexibility index (Phi) is 64.4. The SMILES string of the molecule is CCCCCCCCCCCCCC/C=C/C(O)C(CO)NC(=O)CCCCCCCCCCCCCCCCC/C=C\CCCCCCCCCCCCCCOC(=O)CCCCCCCCCCCCCCCC. The number of ether oxygens (including phenoxy) is 1. The summed E-state index contributed by atoms with van der Waals surface area (Å²) in [5.74, 6) is -0.0438. The van der Waals surface area contributed by atoms with Crippen LogP contribution in [0.2, 0.25) is 0 Å². The number of unbranched alkanes of at least 4 members (excludes halogenated alkanes) is 52. The molecule has 0 aromatic heterocycles. The Morgan fingerprint density at radius 1 is 0.355 bits per heavy atom. The molecule has 0 aromatic rings. The van der Waals surface area contributed by atoms with Gasteiger partial charge >= 0.3 is 5.97 Å². The predicted molar refractivity (Wildman–Crippen MR) is 333 cm³/mol. The Bertz CT molecular complexity index is 1190. The van der Waals surface area contributed by atoms with Gasteiger partial charge in [-0.3, -0.25) is 9.59 Å². The van der Waals surface area contributed by atoms with Crippen LogP contribution in [-0.2, 0) is 14.3 Å². The van der Waals surface area contributed by atoms with E-state index in [9.17, 15) is 19.8 Å². The van der Waals surface area contributed by atoms with E-state index in [1.165, 1.54) is 321 Å². The quantitative estimate of drug-likeness (QED) is 0.0320. The second-order valence-corrected chi connectivity index (χ2v) is 23.9. The van der Waals surface area contributed by atoms with Crippen LogP contribution in [0.5, 0.6) is 0 Å². The van der Waals surface area contributed by atoms with Crippen LogP contribution in [0.1, 0.15) is 386 Å². The molecule has 6 heteroatoms. The maximum Gasteiger partial charge on any atom is 0.305 e. The van der Waals surface area contributed by atoms with E-state index in [2.05, 4.69) is 31.3 Å². The highest BCUT2D eigenvalue weighted by Gasteiger charge is 2.18. The van der Waals surface area contributed by atoms with Crippen molar-refractivity contribution in [2.75, 3.05) is 13.2 Å². The summed E-state index contributed by atoms with van der Waals surface area (Å²) < 4.78 is 5.49. The van der Waals surface area contributed by atoms with Crippen molar-refractivity contribution in [3.8, 4) is 0 Å². The van der Waals surface area contributed by atoms with E-state index >= 15 is 0 Å². The molecule has 3 N–H and O–H groups in total. The molecule has 0 aromatic carbocycles. The molecule has 1 amide bonds. The molecular formula is C70H135NO5. The molecule has 0 saturated carbocycles. The zero-order valence-corrected chi connectivity index (χ0v) is 51.5. The van der Waals surface area contributed by atoms with E-state index in [1.54, 1.807) is 6.08 Å². The topological polar surface area (TPSA) is 95.9 Å². The molecule has 76 heavy (non-hydrogen) atoms. The number of aliphatic hydroxyl groups is 2. The smallest absolute Gasteiger partial charge is 0.305 e. The number of allylic oxidation sites excluding steroid dienone is 3. The molecule has 0 aliphatic heterocycles. The summed E-state index contributed by atoms with van der Waals surface area (Å²) in [5.41, 5.74) is 0. The lowest BCUT2D eigenvalue weighted by Crippen LogP contribution is -2.45. The van der Waals surface area contributed by atoms with Crippen molar-refractivity contribution in [1.82, 2.24) is 5.32 Å². The molecule has 6 nitrogen and oxygen atoms in total. The molecular weight excluding hydrogens is 935 g/mol. The lowest BCUT2D eigenvalue weighted by molar-refractivity contribution is -0.143. The van der Waals surface area contributed by atoms with Crippen LogP contribution in [0, 0.1) is 0 Å².